The molecule has 0 atom stereocenters. The number of hydrogen-bond acceptors (Lipinski definition) is 2. The second-order valence-electron chi connectivity index (χ2n) is 4.33. The number of hydrogen-bond donors (Lipinski definition) is 1. The lowest BCUT2D eigenvalue weighted by Crippen LogP contribution is -2.03. The molecule has 100 valence electrons. The van der Waals surface area contributed by atoms with Crippen LogP contribution in [0.2, 0.25) is 5.02 Å². The highest BCUT2D eigenvalue weighted by Crippen LogP contribution is 2.25. The third kappa shape index (κ3) is 2.26. The average Bonchev–Trinajstić information content (AvgIpc) is 2.81. The zero-order chi connectivity index (χ0) is 14.1. The lowest BCUT2D eigenvalue weighted by atomic mass is 10.1. The third-order valence-corrected chi connectivity index (χ3v) is 3.17. The highest BCUT2D eigenvalue weighted by atomic mass is 35.5. The molecule has 3 rings (SSSR count). The predicted molar refractivity (Wildman–Crippen MR) is 78.4 cm³/mol. The summed E-state index contributed by atoms with van der Waals surface area (Å²) in [5.74, 6) is -0.00924. The van der Waals surface area contributed by atoms with Gasteiger partial charge in [0.1, 0.15) is 17.3 Å². The molecule has 0 fully saturated rings. The molecule has 0 spiro atoms. The summed E-state index contributed by atoms with van der Waals surface area (Å²) in [5.41, 5.74) is 7.72. The van der Waals surface area contributed by atoms with Crippen LogP contribution in [0.1, 0.15) is 0 Å². The van der Waals surface area contributed by atoms with Gasteiger partial charge in [0.05, 0.1) is 5.69 Å². The summed E-state index contributed by atoms with van der Waals surface area (Å²) >= 11 is 5.96. The first-order chi connectivity index (χ1) is 9.65. The maximum absolute atomic E-state index is 13.8. The van der Waals surface area contributed by atoms with Crippen LogP contribution in [0.5, 0.6) is 0 Å². The number of rotatable bonds is 2. The third-order valence-electron chi connectivity index (χ3n) is 2.94. The minimum absolute atomic E-state index is 0.318. The highest BCUT2D eigenvalue weighted by molar-refractivity contribution is 6.30. The number of aromatic nitrogens is 2. The number of anilines is 1. The van der Waals surface area contributed by atoms with Gasteiger partial charge in [-0.05, 0) is 24.3 Å². The van der Waals surface area contributed by atoms with E-state index in [1.807, 2.05) is 12.1 Å². The van der Waals surface area contributed by atoms with Gasteiger partial charge in [-0.1, -0.05) is 35.9 Å². The average molecular weight is 288 g/mol. The van der Waals surface area contributed by atoms with Crippen molar-refractivity contribution in [1.82, 2.24) is 9.78 Å². The molecule has 0 aliphatic heterocycles. The number of nitrogens with zero attached hydrogens (tertiary/aromatic N) is 2. The van der Waals surface area contributed by atoms with E-state index >= 15 is 0 Å². The van der Waals surface area contributed by atoms with Crippen molar-refractivity contribution >= 4 is 17.4 Å². The van der Waals surface area contributed by atoms with Crippen LogP contribution in [0, 0.1) is 5.82 Å². The fourth-order valence-electron chi connectivity index (χ4n) is 2.00. The molecule has 0 aliphatic carbocycles. The highest BCUT2D eigenvalue weighted by Gasteiger charge is 2.11. The van der Waals surface area contributed by atoms with E-state index in [9.17, 15) is 4.39 Å². The molecular weight excluding hydrogens is 277 g/mol. The van der Waals surface area contributed by atoms with E-state index in [2.05, 4.69) is 5.10 Å². The summed E-state index contributed by atoms with van der Waals surface area (Å²) in [6.07, 6.45) is 0. The number of nitrogens with two attached hydrogens (primary N) is 1. The second kappa shape index (κ2) is 4.98. The molecule has 0 saturated heterocycles. The molecule has 2 aromatic carbocycles. The predicted octanol–water partition coefficient (Wildman–Crippen LogP) is 3.91. The molecule has 0 amide bonds. The van der Waals surface area contributed by atoms with E-state index in [1.165, 1.54) is 10.7 Å². The summed E-state index contributed by atoms with van der Waals surface area (Å²) in [6.45, 7) is 0. The molecule has 0 aliphatic rings. The van der Waals surface area contributed by atoms with Crippen molar-refractivity contribution in [2.45, 2.75) is 0 Å². The lowest BCUT2D eigenvalue weighted by molar-refractivity contribution is 0.612. The molecule has 5 heteroatoms. The van der Waals surface area contributed by atoms with E-state index < -0.39 is 0 Å². The van der Waals surface area contributed by atoms with Crippen molar-refractivity contribution < 1.29 is 4.39 Å². The van der Waals surface area contributed by atoms with Crippen molar-refractivity contribution in [3.63, 3.8) is 0 Å². The molecule has 0 unspecified atom stereocenters. The Balaban J connectivity index is 2.10. The van der Waals surface area contributed by atoms with Crippen LogP contribution in [-0.2, 0) is 0 Å². The Kier molecular flexibility index (Phi) is 3.16. The van der Waals surface area contributed by atoms with Crippen LogP contribution >= 0.6 is 11.6 Å². The van der Waals surface area contributed by atoms with Crippen molar-refractivity contribution in [1.29, 1.82) is 0 Å². The summed E-state index contributed by atoms with van der Waals surface area (Å²) in [7, 11) is 0. The van der Waals surface area contributed by atoms with Crippen LogP contribution in [0.3, 0.4) is 0 Å². The summed E-state index contributed by atoms with van der Waals surface area (Å²) in [5, 5.41) is 4.96. The van der Waals surface area contributed by atoms with Crippen LogP contribution in [0.25, 0.3) is 16.9 Å². The largest absolute Gasteiger partial charge is 0.384 e. The quantitative estimate of drug-likeness (QED) is 0.776. The summed E-state index contributed by atoms with van der Waals surface area (Å²) in [4.78, 5) is 0. The summed E-state index contributed by atoms with van der Waals surface area (Å²) in [6, 6.07) is 15.3. The molecule has 2 N–H and O–H groups in total. The van der Waals surface area contributed by atoms with Gasteiger partial charge in [0.2, 0.25) is 0 Å². The molecule has 1 aromatic heterocycles. The van der Waals surface area contributed by atoms with E-state index in [4.69, 9.17) is 17.3 Å². The fourth-order valence-corrected chi connectivity index (χ4v) is 2.19. The van der Waals surface area contributed by atoms with Gasteiger partial charge in [-0.3, -0.25) is 0 Å². The van der Waals surface area contributed by atoms with Crippen LogP contribution in [0.4, 0.5) is 10.2 Å². The van der Waals surface area contributed by atoms with Gasteiger partial charge in [-0.25, -0.2) is 9.07 Å². The minimum Gasteiger partial charge on any atom is -0.384 e. The molecule has 20 heavy (non-hydrogen) atoms. The van der Waals surface area contributed by atoms with Gasteiger partial charge >= 0.3 is 0 Å². The van der Waals surface area contributed by atoms with E-state index in [-0.39, 0.29) is 5.82 Å². The Labute approximate surface area is 120 Å². The monoisotopic (exact) mass is 287 g/mol. The first kappa shape index (κ1) is 12.7. The first-order valence-corrected chi connectivity index (χ1v) is 6.39. The maximum Gasteiger partial charge on any atom is 0.148 e. The smallest absolute Gasteiger partial charge is 0.148 e. The Bertz CT molecular complexity index is 767. The normalized spacial score (nSPS) is 10.7. The topological polar surface area (TPSA) is 43.8 Å². The van der Waals surface area contributed by atoms with Crippen molar-refractivity contribution in [2.75, 3.05) is 5.73 Å². The standard InChI is InChI=1S/C15H11ClFN3/c16-11-5-3-4-10(8-11)13-9-15(18)20(19-13)14-7-2-1-6-12(14)17/h1-9H,18H2. The van der Waals surface area contributed by atoms with Gasteiger partial charge in [-0.2, -0.15) is 5.10 Å². The molecule has 3 nitrogen and oxygen atoms in total. The van der Waals surface area contributed by atoms with Gasteiger partial charge in [0.25, 0.3) is 0 Å². The van der Waals surface area contributed by atoms with Crippen LogP contribution < -0.4 is 5.73 Å². The molecule has 0 saturated carbocycles. The van der Waals surface area contributed by atoms with Gasteiger partial charge in [0, 0.05) is 16.7 Å². The van der Waals surface area contributed by atoms with E-state index in [0.29, 0.717) is 22.2 Å². The second-order valence-corrected chi connectivity index (χ2v) is 4.76. The number of halogens is 2. The maximum atomic E-state index is 13.8. The molecule has 1 heterocycles. The Hall–Kier alpha value is -2.33. The van der Waals surface area contributed by atoms with E-state index in [0.717, 1.165) is 5.56 Å². The molecule has 0 radical (unpaired) electrons. The minimum atomic E-state index is -0.375. The first-order valence-electron chi connectivity index (χ1n) is 6.01. The molecule has 0 bridgehead atoms. The van der Waals surface area contributed by atoms with Crippen LogP contribution in [0.15, 0.2) is 54.6 Å². The molecule has 3 aromatic rings. The Morgan fingerprint density at radius 1 is 1.05 bits per heavy atom. The zero-order valence-corrected chi connectivity index (χ0v) is 11.2. The Morgan fingerprint density at radius 3 is 2.60 bits per heavy atom. The van der Waals surface area contributed by atoms with E-state index in [1.54, 1.807) is 36.4 Å². The number of benzene rings is 2. The van der Waals surface area contributed by atoms with Crippen molar-refractivity contribution in [2.24, 2.45) is 0 Å². The Morgan fingerprint density at radius 2 is 1.85 bits per heavy atom. The molecular formula is C15H11ClFN3. The number of para-hydroxylation sites is 1. The van der Waals surface area contributed by atoms with Crippen molar-refractivity contribution in [3.8, 4) is 16.9 Å². The van der Waals surface area contributed by atoms with Gasteiger partial charge in [0.15, 0.2) is 0 Å². The number of nitrogen functional groups attached to an aromatic ring is 1. The van der Waals surface area contributed by atoms with Crippen molar-refractivity contribution in [3.05, 3.63) is 65.4 Å². The summed E-state index contributed by atoms with van der Waals surface area (Å²) < 4.78 is 15.2. The fraction of sp³-hybridized carbons (Fsp3) is 0. The van der Waals surface area contributed by atoms with Crippen LogP contribution in [-0.4, -0.2) is 9.78 Å². The van der Waals surface area contributed by atoms with Gasteiger partial charge < -0.3 is 5.73 Å². The zero-order valence-electron chi connectivity index (χ0n) is 10.4. The SMILES string of the molecule is Nc1cc(-c2cccc(Cl)c2)nn1-c1ccccc1F. The van der Waals surface area contributed by atoms with Gasteiger partial charge in [-0.15, -0.1) is 0 Å². The lowest BCUT2D eigenvalue weighted by Gasteiger charge is -2.04.